The Morgan fingerprint density at radius 2 is 1.58 bits per heavy atom. The molecule has 0 aliphatic heterocycles. The lowest BCUT2D eigenvalue weighted by Crippen LogP contribution is -2.57. The maximum absolute atomic E-state index is 13.6. The van der Waals surface area contributed by atoms with Gasteiger partial charge in [0, 0.05) is 30.1 Å². The SMILES string of the molecule is CSCCC(N)C(=O)NC(CCCN=C(N)N)C(=O)NC(Cc1c[nH]c2ccccc12)C(=O)NC(CCCCN)C(=O)O. The van der Waals surface area contributed by atoms with Crippen molar-refractivity contribution in [1.29, 1.82) is 0 Å². The van der Waals surface area contributed by atoms with Gasteiger partial charge in [0.05, 0.1) is 6.04 Å². The first-order valence-electron chi connectivity index (χ1n) is 14.3. The number of carboxylic acid groups (broad SMARTS) is 1. The predicted molar refractivity (Wildman–Crippen MR) is 169 cm³/mol. The number of aliphatic imine (C=N–C) groups is 1. The Kier molecular flexibility index (Phi) is 15.4. The Labute approximate surface area is 255 Å². The van der Waals surface area contributed by atoms with Gasteiger partial charge in [-0.15, -0.1) is 0 Å². The fourth-order valence-electron chi connectivity index (χ4n) is 4.45. The van der Waals surface area contributed by atoms with Crippen LogP contribution in [0.15, 0.2) is 35.5 Å². The number of H-pyrrole nitrogens is 1. The normalized spacial score (nSPS) is 13.8. The lowest BCUT2D eigenvalue weighted by atomic mass is 10.0. The number of carboxylic acids is 1. The molecule has 2 aromatic rings. The molecule has 238 valence electrons. The van der Waals surface area contributed by atoms with Gasteiger partial charge in [-0.3, -0.25) is 19.4 Å². The minimum atomic E-state index is -1.19. The van der Waals surface area contributed by atoms with Crippen molar-refractivity contribution in [2.75, 3.05) is 25.1 Å². The van der Waals surface area contributed by atoms with Crippen molar-refractivity contribution in [3.05, 3.63) is 36.0 Å². The number of carbonyl (C=O) groups excluding carboxylic acids is 3. The quantitative estimate of drug-likeness (QED) is 0.0522. The number of unbranched alkanes of at least 4 members (excludes halogenated alkanes) is 1. The number of nitrogens with zero attached hydrogens (tertiary/aromatic N) is 1. The van der Waals surface area contributed by atoms with Gasteiger partial charge in [0.1, 0.15) is 18.1 Å². The van der Waals surface area contributed by atoms with E-state index in [2.05, 4.69) is 25.9 Å². The molecule has 0 fully saturated rings. The molecule has 1 aromatic heterocycles. The highest BCUT2D eigenvalue weighted by atomic mass is 32.2. The molecular weight excluding hydrogens is 574 g/mol. The highest BCUT2D eigenvalue weighted by Gasteiger charge is 2.31. The van der Waals surface area contributed by atoms with Crippen LogP contribution in [0.25, 0.3) is 10.9 Å². The Morgan fingerprint density at radius 1 is 0.930 bits per heavy atom. The Bertz CT molecular complexity index is 1230. The highest BCUT2D eigenvalue weighted by molar-refractivity contribution is 7.98. The summed E-state index contributed by atoms with van der Waals surface area (Å²) in [4.78, 5) is 58.9. The lowest BCUT2D eigenvalue weighted by molar-refractivity contribution is -0.142. The van der Waals surface area contributed by atoms with E-state index in [0.29, 0.717) is 38.0 Å². The summed E-state index contributed by atoms with van der Waals surface area (Å²) < 4.78 is 0. The first-order valence-corrected chi connectivity index (χ1v) is 15.7. The molecule has 0 saturated carbocycles. The molecule has 13 N–H and O–H groups in total. The van der Waals surface area contributed by atoms with Gasteiger partial charge in [-0.2, -0.15) is 11.8 Å². The summed E-state index contributed by atoms with van der Waals surface area (Å²) in [6, 6.07) is 3.31. The molecule has 1 aromatic carbocycles. The molecule has 0 radical (unpaired) electrons. The molecule has 2 rings (SSSR count). The van der Waals surface area contributed by atoms with Gasteiger partial charge in [0.25, 0.3) is 0 Å². The second kappa shape index (κ2) is 18.7. The van der Waals surface area contributed by atoms with E-state index < -0.39 is 47.9 Å². The first kappa shape index (κ1) is 35.4. The predicted octanol–water partition coefficient (Wildman–Crippen LogP) is -0.488. The van der Waals surface area contributed by atoms with Crippen LogP contribution in [0, 0.1) is 0 Å². The molecule has 15 heteroatoms. The highest BCUT2D eigenvalue weighted by Crippen LogP contribution is 2.19. The minimum Gasteiger partial charge on any atom is -0.480 e. The molecule has 0 aliphatic carbocycles. The van der Waals surface area contributed by atoms with Crippen molar-refractivity contribution in [2.45, 2.75) is 69.1 Å². The molecule has 43 heavy (non-hydrogen) atoms. The van der Waals surface area contributed by atoms with E-state index in [0.717, 1.165) is 16.5 Å². The average Bonchev–Trinajstić information content (AvgIpc) is 3.38. The number of para-hydroxylation sites is 1. The number of fused-ring (bicyclic) bond motifs is 1. The van der Waals surface area contributed by atoms with Gasteiger partial charge in [0.2, 0.25) is 17.7 Å². The van der Waals surface area contributed by atoms with Gasteiger partial charge in [0.15, 0.2) is 5.96 Å². The average molecular weight is 620 g/mol. The summed E-state index contributed by atoms with van der Waals surface area (Å²) >= 11 is 1.55. The number of hydrogen-bond acceptors (Lipinski definition) is 8. The van der Waals surface area contributed by atoms with E-state index in [9.17, 15) is 24.3 Å². The maximum Gasteiger partial charge on any atom is 0.326 e. The van der Waals surface area contributed by atoms with Crippen LogP contribution in [-0.4, -0.2) is 89.0 Å². The van der Waals surface area contributed by atoms with Crippen LogP contribution in [0.4, 0.5) is 0 Å². The summed E-state index contributed by atoms with van der Waals surface area (Å²) in [5.74, 6) is -2.41. The van der Waals surface area contributed by atoms with Gasteiger partial charge in [-0.1, -0.05) is 18.2 Å². The van der Waals surface area contributed by atoms with Crippen molar-refractivity contribution in [1.82, 2.24) is 20.9 Å². The molecule has 0 saturated heterocycles. The molecule has 14 nitrogen and oxygen atoms in total. The van der Waals surface area contributed by atoms with Gasteiger partial charge < -0.3 is 49.0 Å². The van der Waals surface area contributed by atoms with E-state index >= 15 is 0 Å². The van der Waals surface area contributed by atoms with Crippen molar-refractivity contribution < 1.29 is 24.3 Å². The smallest absolute Gasteiger partial charge is 0.326 e. The number of nitrogens with two attached hydrogens (primary N) is 4. The Balaban J connectivity index is 2.31. The molecule has 1 heterocycles. The molecular formula is C28H45N9O5S. The fourth-order valence-corrected chi connectivity index (χ4v) is 4.94. The van der Waals surface area contributed by atoms with Crippen molar-refractivity contribution >= 4 is 52.3 Å². The minimum absolute atomic E-state index is 0.0681. The molecule has 3 amide bonds. The van der Waals surface area contributed by atoms with Gasteiger partial charge >= 0.3 is 5.97 Å². The first-order chi connectivity index (χ1) is 20.6. The third-order valence-electron chi connectivity index (χ3n) is 6.84. The zero-order valence-electron chi connectivity index (χ0n) is 24.5. The van der Waals surface area contributed by atoms with E-state index in [1.165, 1.54) is 0 Å². The number of nitrogens with one attached hydrogen (secondary N) is 4. The number of carbonyl (C=O) groups is 4. The number of aromatic nitrogens is 1. The number of hydrogen-bond donors (Lipinski definition) is 9. The van der Waals surface area contributed by atoms with Crippen LogP contribution in [0.3, 0.4) is 0 Å². The van der Waals surface area contributed by atoms with Crippen molar-refractivity contribution in [3.63, 3.8) is 0 Å². The van der Waals surface area contributed by atoms with Crippen LogP contribution in [0.1, 0.15) is 44.1 Å². The van der Waals surface area contributed by atoms with E-state index in [-0.39, 0.29) is 31.8 Å². The van der Waals surface area contributed by atoms with Gasteiger partial charge in [-0.05, 0) is 68.7 Å². The summed E-state index contributed by atoms with van der Waals surface area (Å²) in [5, 5.41) is 18.6. The number of rotatable bonds is 20. The summed E-state index contributed by atoms with van der Waals surface area (Å²) in [6.07, 6.45) is 5.95. The number of benzene rings is 1. The third-order valence-corrected chi connectivity index (χ3v) is 7.49. The number of thioether (sulfide) groups is 1. The third kappa shape index (κ3) is 12.1. The molecule has 4 unspecified atom stereocenters. The van der Waals surface area contributed by atoms with Crippen LogP contribution >= 0.6 is 11.8 Å². The topological polar surface area (TPSA) is 257 Å². The number of aliphatic carboxylic acids is 1. The summed E-state index contributed by atoms with van der Waals surface area (Å²) in [5.41, 5.74) is 24.0. The van der Waals surface area contributed by atoms with Gasteiger partial charge in [-0.25, -0.2) is 4.79 Å². The van der Waals surface area contributed by atoms with Crippen LogP contribution in [0.2, 0.25) is 0 Å². The summed E-state index contributed by atoms with van der Waals surface area (Å²) in [6.45, 7) is 0.625. The number of amides is 3. The lowest BCUT2D eigenvalue weighted by Gasteiger charge is -2.25. The zero-order chi connectivity index (χ0) is 31.8. The molecule has 0 spiro atoms. The standard InChI is InChI=1S/C28H45N9O5S/c1-43-14-11-19(30)24(38)35-21(10-6-13-33-28(31)32)25(39)37-23(15-17-16-34-20-8-3-2-7-18(17)20)26(40)36-22(27(41)42)9-4-5-12-29/h2-3,7-8,16,19,21-23,34H,4-6,9-15,29-30H2,1H3,(H,35,38)(H,36,40)(H,37,39)(H,41,42)(H4,31,32,33). The number of aromatic amines is 1. The van der Waals surface area contributed by atoms with Crippen molar-refractivity contribution in [2.24, 2.45) is 27.9 Å². The largest absolute Gasteiger partial charge is 0.480 e. The second-order valence-electron chi connectivity index (χ2n) is 10.2. The molecule has 0 bridgehead atoms. The number of guanidine groups is 1. The maximum atomic E-state index is 13.6. The monoisotopic (exact) mass is 619 g/mol. The van der Waals surface area contributed by atoms with E-state index in [1.54, 1.807) is 18.0 Å². The van der Waals surface area contributed by atoms with E-state index in [1.807, 2.05) is 30.5 Å². The van der Waals surface area contributed by atoms with Crippen LogP contribution in [0.5, 0.6) is 0 Å². The molecule has 0 aliphatic rings. The Morgan fingerprint density at radius 3 is 2.26 bits per heavy atom. The summed E-state index contributed by atoms with van der Waals surface area (Å²) in [7, 11) is 0. The van der Waals surface area contributed by atoms with Crippen LogP contribution in [-0.2, 0) is 25.6 Å². The Hall–Kier alpha value is -3.82. The van der Waals surface area contributed by atoms with Crippen LogP contribution < -0.4 is 38.9 Å². The second-order valence-corrected chi connectivity index (χ2v) is 11.2. The van der Waals surface area contributed by atoms with E-state index in [4.69, 9.17) is 22.9 Å². The van der Waals surface area contributed by atoms with Crippen molar-refractivity contribution in [3.8, 4) is 0 Å². The molecule has 4 atom stereocenters. The zero-order valence-corrected chi connectivity index (χ0v) is 25.3. The fraction of sp³-hybridized carbons (Fsp3) is 0.536.